The predicted molar refractivity (Wildman–Crippen MR) is 119 cm³/mol. The number of aliphatic imine (C=N–C) groups is 1. The van der Waals surface area contributed by atoms with E-state index in [9.17, 15) is 0 Å². The van der Waals surface area contributed by atoms with Crippen molar-refractivity contribution in [3.8, 4) is 0 Å². The first-order valence-electron chi connectivity index (χ1n) is 10.6. The van der Waals surface area contributed by atoms with Crippen molar-refractivity contribution in [2.75, 3.05) is 44.2 Å². The topological polar surface area (TPSA) is 70.8 Å². The second-order valence-corrected chi connectivity index (χ2v) is 8.27. The Morgan fingerprint density at radius 3 is 2.77 bits per heavy atom. The van der Waals surface area contributed by atoms with Gasteiger partial charge in [0.2, 0.25) is 0 Å². The van der Waals surface area contributed by atoms with E-state index in [1.54, 1.807) is 0 Å². The van der Waals surface area contributed by atoms with Gasteiger partial charge in [0.05, 0.1) is 6.10 Å². The number of aryl methyl sites for hydroxylation is 1. The van der Waals surface area contributed by atoms with Crippen LogP contribution in [0.4, 0.5) is 5.69 Å². The Kier molecular flexibility index (Phi) is 6.74. The van der Waals surface area contributed by atoms with Gasteiger partial charge in [0.1, 0.15) is 12.4 Å². The molecule has 1 aromatic heterocycles. The van der Waals surface area contributed by atoms with E-state index < -0.39 is 0 Å². The van der Waals surface area contributed by atoms with E-state index in [1.807, 2.05) is 36.7 Å². The summed E-state index contributed by atoms with van der Waals surface area (Å²) in [5.41, 5.74) is 1.17. The zero-order valence-corrected chi connectivity index (χ0v) is 18.5. The van der Waals surface area contributed by atoms with Crippen LogP contribution in [-0.4, -0.2) is 71.1 Å². The van der Waals surface area contributed by atoms with E-state index in [0.29, 0.717) is 6.54 Å². The van der Waals surface area contributed by atoms with Crippen LogP contribution in [0.1, 0.15) is 24.5 Å². The maximum atomic E-state index is 6.17. The number of piperazine rings is 1. The molecule has 4 rings (SSSR count). The van der Waals surface area contributed by atoms with Crippen LogP contribution < -0.4 is 10.2 Å². The molecule has 0 amide bonds. The van der Waals surface area contributed by atoms with Crippen molar-refractivity contribution in [2.45, 2.75) is 32.4 Å². The second-order valence-electron chi connectivity index (χ2n) is 7.83. The first kappa shape index (κ1) is 20.9. The number of anilines is 1. The van der Waals surface area contributed by atoms with Gasteiger partial charge in [-0.15, -0.1) is 10.2 Å². The predicted octanol–water partition coefficient (Wildman–Crippen LogP) is 2.22. The molecule has 9 heteroatoms. The number of aromatic nitrogens is 3. The summed E-state index contributed by atoms with van der Waals surface area (Å²) in [6.07, 6.45) is 2.50. The Balaban J connectivity index is 1.42. The summed E-state index contributed by atoms with van der Waals surface area (Å²) in [4.78, 5) is 9.56. The highest BCUT2D eigenvalue weighted by atomic mass is 35.5. The lowest BCUT2D eigenvalue weighted by Crippen LogP contribution is -2.53. The van der Waals surface area contributed by atoms with Crippen molar-refractivity contribution in [2.24, 2.45) is 12.0 Å². The molecule has 2 aromatic rings. The molecule has 2 saturated heterocycles. The minimum Gasteiger partial charge on any atom is -0.376 e. The van der Waals surface area contributed by atoms with Gasteiger partial charge >= 0.3 is 0 Å². The Hall–Kier alpha value is -2.32. The fourth-order valence-electron chi connectivity index (χ4n) is 3.86. The minimum absolute atomic E-state index is 0.264. The molecular weight excluding hydrogens is 402 g/mol. The summed E-state index contributed by atoms with van der Waals surface area (Å²) in [7, 11) is 1.98. The third-order valence-corrected chi connectivity index (χ3v) is 6.05. The van der Waals surface area contributed by atoms with E-state index in [2.05, 4.69) is 31.4 Å². The number of benzene rings is 1. The molecule has 0 aliphatic carbocycles. The SMILES string of the molecule is Cc1nnc(CN=C(NCC2CCCO2)N2CCN(c3cccc(Cl)c3)CC2)n1C. The van der Waals surface area contributed by atoms with E-state index in [-0.39, 0.29) is 6.10 Å². The van der Waals surface area contributed by atoms with Crippen molar-refractivity contribution in [1.82, 2.24) is 25.0 Å². The van der Waals surface area contributed by atoms with E-state index >= 15 is 0 Å². The molecule has 1 unspecified atom stereocenters. The Morgan fingerprint density at radius 2 is 2.10 bits per heavy atom. The summed E-state index contributed by atoms with van der Waals surface area (Å²) < 4.78 is 7.76. The molecule has 2 aliphatic rings. The summed E-state index contributed by atoms with van der Waals surface area (Å²) in [5.74, 6) is 2.67. The molecule has 8 nitrogen and oxygen atoms in total. The highest BCUT2D eigenvalue weighted by Gasteiger charge is 2.22. The number of hydrogen-bond donors (Lipinski definition) is 1. The summed E-state index contributed by atoms with van der Waals surface area (Å²) in [6, 6.07) is 8.05. The van der Waals surface area contributed by atoms with Crippen molar-refractivity contribution >= 4 is 23.2 Å². The minimum atomic E-state index is 0.264. The van der Waals surface area contributed by atoms with Crippen LogP contribution in [0, 0.1) is 6.92 Å². The maximum Gasteiger partial charge on any atom is 0.194 e. The molecule has 0 bridgehead atoms. The molecule has 1 atom stereocenters. The summed E-state index contributed by atoms with van der Waals surface area (Å²) in [6.45, 7) is 7.71. The molecule has 2 aliphatic heterocycles. The van der Waals surface area contributed by atoms with Gasteiger partial charge in [0, 0.05) is 57.1 Å². The number of rotatable bonds is 5. The highest BCUT2D eigenvalue weighted by Crippen LogP contribution is 2.21. The Bertz CT molecular complexity index is 870. The van der Waals surface area contributed by atoms with Gasteiger partial charge in [0.15, 0.2) is 11.8 Å². The number of halogens is 1. The average Bonchev–Trinajstić information content (AvgIpc) is 3.39. The average molecular weight is 432 g/mol. The molecular formula is C21H30ClN7O. The molecule has 0 radical (unpaired) electrons. The number of ether oxygens (including phenoxy) is 1. The smallest absolute Gasteiger partial charge is 0.194 e. The van der Waals surface area contributed by atoms with Crippen LogP contribution in [-0.2, 0) is 18.3 Å². The largest absolute Gasteiger partial charge is 0.376 e. The Labute approximate surface area is 182 Å². The van der Waals surface area contributed by atoms with Gasteiger partial charge in [-0.3, -0.25) is 0 Å². The summed E-state index contributed by atoms with van der Waals surface area (Å²) >= 11 is 6.17. The van der Waals surface area contributed by atoms with Crippen LogP contribution in [0.3, 0.4) is 0 Å². The third kappa shape index (κ3) is 5.05. The van der Waals surface area contributed by atoms with Crippen molar-refractivity contribution in [1.29, 1.82) is 0 Å². The van der Waals surface area contributed by atoms with Gasteiger partial charge in [-0.05, 0) is 38.0 Å². The quantitative estimate of drug-likeness (QED) is 0.578. The van der Waals surface area contributed by atoms with Crippen molar-refractivity contribution < 1.29 is 4.74 Å². The molecule has 30 heavy (non-hydrogen) atoms. The highest BCUT2D eigenvalue weighted by molar-refractivity contribution is 6.30. The molecule has 1 aromatic carbocycles. The lowest BCUT2D eigenvalue weighted by atomic mass is 10.2. The van der Waals surface area contributed by atoms with Crippen LogP contribution >= 0.6 is 11.6 Å². The zero-order valence-electron chi connectivity index (χ0n) is 17.7. The van der Waals surface area contributed by atoms with Crippen molar-refractivity contribution in [3.05, 3.63) is 40.9 Å². The normalized spacial score (nSPS) is 20.1. The van der Waals surface area contributed by atoms with Gasteiger partial charge in [-0.2, -0.15) is 0 Å². The maximum absolute atomic E-state index is 6.17. The number of nitrogens with one attached hydrogen (secondary N) is 1. The van der Waals surface area contributed by atoms with E-state index in [0.717, 1.165) is 74.8 Å². The standard InChI is InChI=1S/C21H30ClN7O/c1-16-25-26-20(27(16)2)15-24-21(23-14-19-7-4-12-30-19)29-10-8-28(9-11-29)18-6-3-5-17(22)13-18/h3,5-6,13,19H,4,7-12,14-15H2,1-2H3,(H,23,24). The van der Waals surface area contributed by atoms with Gasteiger partial charge in [-0.1, -0.05) is 17.7 Å². The van der Waals surface area contributed by atoms with E-state index in [4.69, 9.17) is 21.3 Å². The van der Waals surface area contributed by atoms with Crippen LogP contribution in [0.5, 0.6) is 0 Å². The van der Waals surface area contributed by atoms with Crippen LogP contribution in [0.2, 0.25) is 5.02 Å². The fourth-order valence-corrected chi connectivity index (χ4v) is 4.05. The van der Waals surface area contributed by atoms with Crippen molar-refractivity contribution in [3.63, 3.8) is 0 Å². The van der Waals surface area contributed by atoms with Crippen LogP contribution in [0.15, 0.2) is 29.3 Å². The zero-order chi connectivity index (χ0) is 20.9. The molecule has 0 saturated carbocycles. The van der Waals surface area contributed by atoms with E-state index in [1.165, 1.54) is 5.69 Å². The molecule has 3 heterocycles. The lowest BCUT2D eigenvalue weighted by Gasteiger charge is -2.38. The molecule has 1 N–H and O–H groups in total. The summed E-state index contributed by atoms with van der Waals surface area (Å²) in [5, 5.41) is 12.7. The monoisotopic (exact) mass is 431 g/mol. The van der Waals surface area contributed by atoms with Gasteiger partial charge in [0.25, 0.3) is 0 Å². The fraction of sp³-hybridized carbons (Fsp3) is 0.571. The molecule has 162 valence electrons. The lowest BCUT2D eigenvalue weighted by molar-refractivity contribution is 0.113. The molecule has 2 fully saturated rings. The molecule has 0 spiro atoms. The number of hydrogen-bond acceptors (Lipinski definition) is 5. The van der Waals surface area contributed by atoms with Gasteiger partial charge < -0.3 is 24.4 Å². The van der Waals surface area contributed by atoms with Crippen LogP contribution in [0.25, 0.3) is 0 Å². The number of nitrogens with zero attached hydrogens (tertiary/aromatic N) is 6. The Morgan fingerprint density at radius 1 is 1.27 bits per heavy atom. The number of guanidine groups is 1. The second kappa shape index (κ2) is 9.66. The first-order valence-corrected chi connectivity index (χ1v) is 11.0. The third-order valence-electron chi connectivity index (χ3n) is 5.82. The van der Waals surface area contributed by atoms with Gasteiger partial charge in [-0.25, -0.2) is 4.99 Å². The first-order chi connectivity index (χ1) is 14.6.